The molecule has 2 aromatic rings. The first-order valence-electron chi connectivity index (χ1n) is 10.8. The van der Waals surface area contributed by atoms with Crippen molar-refractivity contribution >= 4 is 21.6 Å². The van der Waals surface area contributed by atoms with Crippen molar-refractivity contribution in [2.75, 3.05) is 44.2 Å². The number of morpholine rings is 1. The second-order valence-corrected chi connectivity index (χ2v) is 10.3. The van der Waals surface area contributed by atoms with E-state index >= 15 is 0 Å². The number of ether oxygens (including phenoxy) is 1. The van der Waals surface area contributed by atoms with E-state index in [1.165, 1.54) is 16.4 Å². The lowest BCUT2D eigenvalue weighted by Gasteiger charge is -2.36. The minimum absolute atomic E-state index is 0.104. The highest BCUT2D eigenvalue weighted by molar-refractivity contribution is 7.89. The molecular weight excluding hydrogens is 430 g/mol. The van der Waals surface area contributed by atoms with Gasteiger partial charge in [-0.1, -0.05) is 0 Å². The molecule has 0 unspecified atom stereocenters. The van der Waals surface area contributed by atoms with Gasteiger partial charge in [-0.3, -0.25) is 4.79 Å². The van der Waals surface area contributed by atoms with Gasteiger partial charge in [-0.25, -0.2) is 8.42 Å². The number of rotatable bonds is 4. The quantitative estimate of drug-likeness (QED) is 0.754. The maximum atomic E-state index is 13.0. The summed E-state index contributed by atoms with van der Waals surface area (Å²) in [6.07, 6.45) is -0.316. The molecule has 4 rings (SSSR count). The summed E-state index contributed by atoms with van der Waals surface area (Å²) in [4.78, 5) is 17.1. The number of nitrogens with zero attached hydrogens (tertiary/aromatic N) is 3. The van der Waals surface area contributed by atoms with Crippen LogP contribution < -0.4 is 4.90 Å². The Morgan fingerprint density at radius 3 is 2.03 bits per heavy atom. The van der Waals surface area contributed by atoms with Gasteiger partial charge in [0.05, 0.1) is 17.1 Å². The predicted molar refractivity (Wildman–Crippen MR) is 121 cm³/mol. The summed E-state index contributed by atoms with van der Waals surface area (Å²) < 4.78 is 33.1. The van der Waals surface area contributed by atoms with Crippen LogP contribution in [0.4, 0.5) is 5.69 Å². The van der Waals surface area contributed by atoms with Crippen LogP contribution in [0.3, 0.4) is 0 Å². The molecule has 2 aliphatic rings. The fourth-order valence-corrected chi connectivity index (χ4v) is 5.85. The zero-order chi connectivity index (χ0) is 22.9. The van der Waals surface area contributed by atoms with Crippen LogP contribution in [-0.2, 0) is 14.8 Å². The van der Waals surface area contributed by atoms with Gasteiger partial charge in [0.15, 0.2) is 0 Å². The summed E-state index contributed by atoms with van der Waals surface area (Å²) in [5.74, 6) is 0.124. The van der Waals surface area contributed by atoms with Crippen molar-refractivity contribution in [1.29, 1.82) is 0 Å². The minimum Gasteiger partial charge on any atom is -0.508 e. The van der Waals surface area contributed by atoms with Gasteiger partial charge in [-0.05, 0) is 62.4 Å². The van der Waals surface area contributed by atoms with E-state index in [-0.39, 0.29) is 28.8 Å². The van der Waals surface area contributed by atoms with E-state index < -0.39 is 10.0 Å². The van der Waals surface area contributed by atoms with Gasteiger partial charge < -0.3 is 19.6 Å². The Labute approximate surface area is 189 Å². The molecule has 0 radical (unpaired) electrons. The number of amides is 1. The Hall–Kier alpha value is -2.62. The highest BCUT2D eigenvalue weighted by atomic mass is 32.2. The van der Waals surface area contributed by atoms with Crippen molar-refractivity contribution < 1.29 is 23.1 Å². The van der Waals surface area contributed by atoms with E-state index in [1.54, 1.807) is 29.2 Å². The van der Waals surface area contributed by atoms with Gasteiger partial charge in [0.2, 0.25) is 10.0 Å². The van der Waals surface area contributed by atoms with Crippen LogP contribution in [0.5, 0.6) is 5.75 Å². The summed E-state index contributed by atoms with van der Waals surface area (Å²) in [6.45, 7) is 6.89. The van der Waals surface area contributed by atoms with Crippen LogP contribution in [0.25, 0.3) is 0 Å². The standard InChI is InChI=1S/C23H29N3O5S/c1-17-15-26(16-18(2)31-17)32(29,30)22-9-3-19(4-10-22)23(28)25-13-11-24(12-14-25)20-5-7-21(27)8-6-20/h3-10,17-18,27H,11-16H2,1-2H3/t17-,18-/m0/s1. The van der Waals surface area contributed by atoms with Crippen LogP contribution in [0.15, 0.2) is 53.4 Å². The number of hydrogen-bond acceptors (Lipinski definition) is 6. The first-order chi connectivity index (χ1) is 15.2. The molecule has 8 nitrogen and oxygen atoms in total. The molecule has 2 fully saturated rings. The number of phenols is 1. The van der Waals surface area contributed by atoms with Gasteiger partial charge in [-0.2, -0.15) is 4.31 Å². The average molecular weight is 460 g/mol. The largest absolute Gasteiger partial charge is 0.508 e. The third kappa shape index (κ3) is 4.74. The number of piperazine rings is 1. The Kier molecular flexibility index (Phi) is 6.41. The summed E-state index contributed by atoms with van der Waals surface area (Å²) in [7, 11) is -3.63. The molecule has 2 saturated heterocycles. The van der Waals surface area contributed by atoms with Crippen molar-refractivity contribution in [1.82, 2.24) is 9.21 Å². The van der Waals surface area contributed by atoms with Crippen molar-refractivity contribution in [3.8, 4) is 5.75 Å². The van der Waals surface area contributed by atoms with Gasteiger partial charge in [0.25, 0.3) is 5.91 Å². The molecule has 2 heterocycles. The Balaban J connectivity index is 1.40. The zero-order valence-electron chi connectivity index (χ0n) is 18.3. The van der Waals surface area contributed by atoms with E-state index in [0.29, 0.717) is 44.8 Å². The minimum atomic E-state index is -3.63. The van der Waals surface area contributed by atoms with Crippen LogP contribution in [0.1, 0.15) is 24.2 Å². The number of aromatic hydroxyl groups is 1. The Bertz CT molecular complexity index is 1040. The summed E-state index contributed by atoms with van der Waals surface area (Å²) in [5, 5.41) is 9.45. The molecule has 0 saturated carbocycles. The topological polar surface area (TPSA) is 90.4 Å². The fraction of sp³-hybridized carbons (Fsp3) is 0.435. The average Bonchev–Trinajstić information content (AvgIpc) is 2.79. The second-order valence-electron chi connectivity index (χ2n) is 8.40. The van der Waals surface area contributed by atoms with E-state index in [1.807, 2.05) is 26.0 Å². The van der Waals surface area contributed by atoms with Crippen LogP contribution in [0, 0.1) is 0 Å². The molecule has 172 valence electrons. The Morgan fingerprint density at radius 2 is 1.47 bits per heavy atom. The number of sulfonamides is 1. The maximum absolute atomic E-state index is 13.0. The van der Waals surface area contributed by atoms with Gasteiger partial charge in [0.1, 0.15) is 5.75 Å². The molecular formula is C23H29N3O5S. The number of anilines is 1. The second kappa shape index (κ2) is 9.09. The fourth-order valence-electron chi connectivity index (χ4n) is 4.26. The molecule has 32 heavy (non-hydrogen) atoms. The van der Waals surface area contributed by atoms with Crippen molar-refractivity contribution in [3.63, 3.8) is 0 Å². The number of hydrogen-bond donors (Lipinski definition) is 1. The third-order valence-corrected chi connectivity index (χ3v) is 7.75. The van der Waals surface area contributed by atoms with Crippen molar-refractivity contribution in [2.24, 2.45) is 0 Å². The van der Waals surface area contributed by atoms with E-state index in [4.69, 9.17) is 4.74 Å². The van der Waals surface area contributed by atoms with E-state index in [2.05, 4.69) is 4.90 Å². The summed E-state index contributed by atoms with van der Waals surface area (Å²) >= 11 is 0. The molecule has 2 atom stereocenters. The molecule has 1 amide bonds. The highest BCUT2D eigenvalue weighted by Gasteiger charge is 2.32. The van der Waals surface area contributed by atoms with Gasteiger partial charge in [-0.15, -0.1) is 0 Å². The van der Waals surface area contributed by atoms with Gasteiger partial charge in [0, 0.05) is 50.5 Å². The smallest absolute Gasteiger partial charge is 0.253 e. The first-order valence-corrected chi connectivity index (χ1v) is 12.3. The van der Waals surface area contributed by atoms with Crippen LogP contribution in [0.2, 0.25) is 0 Å². The van der Waals surface area contributed by atoms with Gasteiger partial charge >= 0.3 is 0 Å². The van der Waals surface area contributed by atoms with Crippen LogP contribution >= 0.6 is 0 Å². The highest BCUT2D eigenvalue weighted by Crippen LogP contribution is 2.23. The van der Waals surface area contributed by atoms with Crippen molar-refractivity contribution in [3.05, 3.63) is 54.1 Å². The van der Waals surface area contributed by atoms with E-state index in [0.717, 1.165) is 5.69 Å². The third-order valence-electron chi connectivity index (χ3n) is 5.91. The molecule has 1 N–H and O–H groups in total. The molecule has 0 bridgehead atoms. The van der Waals surface area contributed by atoms with Crippen molar-refractivity contribution in [2.45, 2.75) is 31.0 Å². The first kappa shape index (κ1) is 22.6. The summed E-state index contributed by atoms with van der Waals surface area (Å²) in [5.41, 5.74) is 1.49. The molecule has 9 heteroatoms. The molecule has 0 aromatic heterocycles. The number of phenolic OH excluding ortho intramolecular Hbond substituents is 1. The SMILES string of the molecule is C[C@H]1CN(S(=O)(=O)c2ccc(C(=O)N3CCN(c4ccc(O)cc4)CC3)cc2)C[C@H](C)O1. The molecule has 2 aromatic carbocycles. The number of carbonyl (C=O) groups excluding carboxylic acids is 1. The maximum Gasteiger partial charge on any atom is 0.253 e. The molecule has 0 aliphatic carbocycles. The molecule has 0 spiro atoms. The lowest BCUT2D eigenvalue weighted by molar-refractivity contribution is -0.0440. The normalized spacial score (nSPS) is 22.7. The van der Waals surface area contributed by atoms with E-state index in [9.17, 15) is 18.3 Å². The zero-order valence-corrected chi connectivity index (χ0v) is 19.2. The lowest BCUT2D eigenvalue weighted by atomic mass is 10.1. The monoisotopic (exact) mass is 459 g/mol. The van der Waals surface area contributed by atoms with Crippen LogP contribution in [-0.4, -0.2) is 80.1 Å². The number of carbonyl (C=O) groups is 1. The Morgan fingerprint density at radius 1 is 0.906 bits per heavy atom. The lowest BCUT2D eigenvalue weighted by Crippen LogP contribution is -2.48. The summed E-state index contributed by atoms with van der Waals surface area (Å²) in [6, 6.07) is 13.2. The molecule has 2 aliphatic heterocycles. The predicted octanol–water partition coefficient (Wildman–Crippen LogP) is 2.15. The number of benzene rings is 2.